The zero-order chi connectivity index (χ0) is 16.6. The van der Waals surface area contributed by atoms with Crippen LogP contribution in [-0.4, -0.2) is 49.6 Å². The number of hydrogen-bond acceptors (Lipinski definition) is 5. The molecule has 2 aromatic heterocycles. The van der Waals surface area contributed by atoms with E-state index in [1.54, 1.807) is 6.33 Å². The van der Waals surface area contributed by atoms with E-state index in [0.717, 1.165) is 29.6 Å². The lowest BCUT2D eigenvalue weighted by atomic mass is 9.93. The summed E-state index contributed by atoms with van der Waals surface area (Å²) in [5.41, 5.74) is 1.93. The van der Waals surface area contributed by atoms with E-state index in [0.29, 0.717) is 5.92 Å². The van der Waals surface area contributed by atoms with Crippen LogP contribution in [0.3, 0.4) is 0 Å². The molecule has 0 radical (unpaired) electrons. The topological polar surface area (TPSA) is 91.3 Å². The minimum atomic E-state index is -0.418. The van der Waals surface area contributed by atoms with Crippen molar-refractivity contribution in [3.8, 4) is 0 Å². The van der Waals surface area contributed by atoms with Crippen LogP contribution in [0.25, 0.3) is 11.0 Å². The van der Waals surface area contributed by atoms with Crippen LogP contribution in [-0.2, 0) is 4.74 Å². The third-order valence-electron chi connectivity index (χ3n) is 4.90. The van der Waals surface area contributed by atoms with Crippen molar-refractivity contribution in [2.75, 3.05) is 0 Å². The first-order valence-corrected chi connectivity index (χ1v) is 8.25. The summed E-state index contributed by atoms with van der Waals surface area (Å²) in [6, 6.07) is 1.98. The van der Waals surface area contributed by atoms with Crippen LogP contribution < -0.4 is 0 Å². The molecule has 1 saturated carbocycles. The summed E-state index contributed by atoms with van der Waals surface area (Å²) in [7, 11) is 0. The van der Waals surface area contributed by atoms with Crippen molar-refractivity contribution in [1.29, 1.82) is 0 Å². The van der Waals surface area contributed by atoms with Gasteiger partial charge in [0, 0.05) is 17.5 Å². The van der Waals surface area contributed by atoms with Gasteiger partial charge in [-0.15, -0.1) is 0 Å². The molecule has 3 N–H and O–H groups in total. The van der Waals surface area contributed by atoms with Gasteiger partial charge in [-0.3, -0.25) is 0 Å². The number of fused-ring (bicyclic) bond motifs is 1. The second-order valence-corrected chi connectivity index (χ2v) is 6.68. The van der Waals surface area contributed by atoms with E-state index in [9.17, 15) is 10.2 Å². The van der Waals surface area contributed by atoms with Gasteiger partial charge in [-0.1, -0.05) is 6.92 Å². The SMILES string of the molecule is C[C@H]1[C@@H](O)[C@H](C)O[C@@H]1[C@H](O)C1CC1.Cc1ncnc2[nH]ccc12. The summed E-state index contributed by atoms with van der Waals surface area (Å²) >= 11 is 0. The first kappa shape index (κ1) is 16.4. The number of aliphatic hydroxyl groups is 2. The highest BCUT2D eigenvalue weighted by molar-refractivity contribution is 5.77. The third-order valence-corrected chi connectivity index (χ3v) is 4.90. The van der Waals surface area contributed by atoms with Crippen molar-refractivity contribution in [3.05, 3.63) is 24.3 Å². The molecule has 126 valence electrons. The number of ether oxygens (including phenoxy) is 1. The molecule has 2 aromatic rings. The lowest BCUT2D eigenvalue weighted by Gasteiger charge is -2.21. The summed E-state index contributed by atoms with van der Waals surface area (Å²) in [6.45, 7) is 5.78. The van der Waals surface area contributed by atoms with E-state index < -0.39 is 6.10 Å². The molecule has 1 aliphatic carbocycles. The molecular weight excluding hydrogens is 294 g/mol. The van der Waals surface area contributed by atoms with Gasteiger partial charge < -0.3 is 19.9 Å². The monoisotopic (exact) mass is 319 g/mol. The van der Waals surface area contributed by atoms with Crippen LogP contribution in [0.2, 0.25) is 0 Å². The number of rotatable bonds is 2. The van der Waals surface area contributed by atoms with Crippen LogP contribution in [0.15, 0.2) is 18.6 Å². The van der Waals surface area contributed by atoms with E-state index in [1.807, 2.05) is 33.0 Å². The molecule has 1 aliphatic heterocycles. The van der Waals surface area contributed by atoms with Gasteiger partial charge in [0.2, 0.25) is 0 Å². The van der Waals surface area contributed by atoms with E-state index in [4.69, 9.17) is 4.74 Å². The average molecular weight is 319 g/mol. The van der Waals surface area contributed by atoms with Crippen molar-refractivity contribution >= 4 is 11.0 Å². The zero-order valence-electron chi connectivity index (χ0n) is 13.8. The summed E-state index contributed by atoms with van der Waals surface area (Å²) in [5.74, 6) is 0.482. The number of aromatic amines is 1. The summed E-state index contributed by atoms with van der Waals surface area (Å²) in [6.07, 6.45) is 4.58. The molecule has 3 heterocycles. The average Bonchev–Trinajstić information content (AvgIpc) is 3.22. The van der Waals surface area contributed by atoms with Crippen molar-refractivity contribution in [2.45, 2.75) is 58.0 Å². The highest BCUT2D eigenvalue weighted by Crippen LogP contribution is 2.39. The van der Waals surface area contributed by atoms with Crippen molar-refractivity contribution < 1.29 is 14.9 Å². The van der Waals surface area contributed by atoms with Crippen molar-refractivity contribution in [1.82, 2.24) is 15.0 Å². The van der Waals surface area contributed by atoms with Gasteiger partial charge in [0.1, 0.15) is 12.0 Å². The Hall–Kier alpha value is -1.50. The molecule has 23 heavy (non-hydrogen) atoms. The standard InChI is InChI=1S/C10H18O3.C7H7N3/c1-5-8(11)6(2)13-10(5)9(12)7-3-4-7;1-5-6-2-3-8-7(6)10-4-9-5/h5-12H,3-4H2,1-2H3;2-4H,1H3,(H,8,9,10)/t5-,6-,8+,9+,10-;/m0./s1. The van der Waals surface area contributed by atoms with Crippen LogP contribution in [0, 0.1) is 18.8 Å². The van der Waals surface area contributed by atoms with Gasteiger partial charge in [-0.25, -0.2) is 9.97 Å². The molecule has 6 nitrogen and oxygen atoms in total. The highest BCUT2D eigenvalue weighted by atomic mass is 16.5. The summed E-state index contributed by atoms with van der Waals surface area (Å²) in [4.78, 5) is 11.1. The molecule has 2 fully saturated rings. The predicted molar refractivity (Wildman–Crippen MR) is 86.9 cm³/mol. The Labute approximate surface area is 135 Å². The Morgan fingerprint density at radius 2 is 2.04 bits per heavy atom. The van der Waals surface area contributed by atoms with E-state index in [2.05, 4.69) is 15.0 Å². The molecule has 2 aliphatic rings. The van der Waals surface area contributed by atoms with E-state index >= 15 is 0 Å². The lowest BCUT2D eigenvalue weighted by molar-refractivity contribution is -0.0511. The molecule has 0 bridgehead atoms. The van der Waals surface area contributed by atoms with Gasteiger partial charge in [0.05, 0.1) is 30.1 Å². The molecule has 0 spiro atoms. The molecule has 0 amide bonds. The second-order valence-electron chi connectivity index (χ2n) is 6.68. The smallest absolute Gasteiger partial charge is 0.140 e. The van der Waals surface area contributed by atoms with Crippen LogP contribution in [0.4, 0.5) is 0 Å². The normalized spacial score (nSPS) is 31.7. The Balaban J connectivity index is 0.000000140. The van der Waals surface area contributed by atoms with Gasteiger partial charge in [-0.2, -0.15) is 0 Å². The number of aliphatic hydroxyl groups excluding tert-OH is 2. The maximum atomic E-state index is 9.86. The fraction of sp³-hybridized carbons (Fsp3) is 0.647. The maximum absolute atomic E-state index is 9.86. The molecule has 1 saturated heterocycles. The lowest BCUT2D eigenvalue weighted by Crippen LogP contribution is -2.33. The maximum Gasteiger partial charge on any atom is 0.140 e. The van der Waals surface area contributed by atoms with Gasteiger partial charge in [-0.05, 0) is 38.7 Å². The zero-order valence-corrected chi connectivity index (χ0v) is 13.8. The first-order chi connectivity index (χ1) is 11.0. The number of nitrogens with zero attached hydrogens (tertiary/aromatic N) is 2. The molecule has 0 unspecified atom stereocenters. The minimum absolute atomic E-state index is 0.0607. The quantitative estimate of drug-likeness (QED) is 0.785. The third kappa shape index (κ3) is 3.39. The molecule has 5 atom stereocenters. The summed E-state index contributed by atoms with van der Waals surface area (Å²) in [5, 5.41) is 20.6. The second kappa shape index (κ2) is 6.55. The number of hydrogen-bond donors (Lipinski definition) is 3. The Morgan fingerprint density at radius 3 is 2.61 bits per heavy atom. The van der Waals surface area contributed by atoms with Gasteiger partial charge >= 0.3 is 0 Å². The van der Waals surface area contributed by atoms with Crippen LogP contribution >= 0.6 is 0 Å². The van der Waals surface area contributed by atoms with Crippen LogP contribution in [0.1, 0.15) is 32.4 Å². The van der Waals surface area contributed by atoms with E-state index in [1.165, 1.54) is 0 Å². The highest BCUT2D eigenvalue weighted by Gasteiger charge is 2.46. The fourth-order valence-electron chi connectivity index (χ4n) is 3.17. The largest absolute Gasteiger partial charge is 0.390 e. The van der Waals surface area contributed by atoms with Crippen molar-refractivity contribution in [2.24, 2.45) is 11.8 Å². The molecular formula is C17H25N3O3. The first-order valence-electron chi connectivity index (χ1n) is 8.25. The fourth-order valence-corrected chi connectivity index (χ4v) is 3.17. The number of aromatic nitrogens is 3. The molecule has 6 heteroatoms. The molecule has 0 aromatic carbocycles. The number of aryl methyl sites for hydroxylation is 1. The number of nitrogens with one attached hydrogen (secondary N) is 1. The Morgan fingerprint density at radius 1 is 1.30 bits per heavy atom. The minimum Gasteiger partial charge on any atom is -0.390 e. The van der Waals surface area contributed by atoms with Crippen LogP contribution in [0.5, 0.6) is 0 Å². The van der Waals surface area contributed by atoms with E-state index in [-0.39, 0.29) is 24.2 Å². The molecule has 4 rings (SSSR count). The Kier molecular flexibility index (Phi) is 4.66. The van der Waals surface area contributed by atoms with Gasteiger partial charge in [0.15, 0.2) is 0 Å². The van der Waals surface area contributed by atoms with Gasteiger partial charge in [0.25, 0.3) is 0 Å². The predicted octanol–water partition coefficient (Wildman–Crippen LogP) is 1.81. The Bertz CT molecular complexity index is 651. The summed E-state index contributed by atoms with van der Waals surface area (Å²) < 4.78 is 5.55. The van der Waals surface area contributed by atoms with Crippen molar-refractivity contribution in [3.63, 3.8) is 0 Å². The number of H-pyrrole nitrogens is 1.